The zero-order valence-electron chi connectivity index (χ0n) is 16.3. The minimum absolute atomic E-state index is 0. The number of nitrogens with zero attached hydrogens (tertiary/aromatic N) is 1. The molecule has 1 aliphatic heterocycles. The fourth-order valence-corrected chi connectivity index (χ4v) is 2.56. The van der Waals surface area contributed by atoms with Crippen LogP contribution < -0.4 is 25.3 Å². The highest BCUT2D eigenvalue weighted by Crippen LogP contribution is 2.32. The molecular weight excluding hydrogens is 469 g/mol. The Balaban J connectivity index is 0.00000280. The van der Waals surface area contributed by atoms with Crippen molar-refractivity contribution in [1.29, 1.82) is 0 Å². The molecule has 3 N–H and O–H groups in total. The molecule has 0 fully saturated rings. The number of nitrogens with one attached hydrogen (secondary N) is 1. The summed E-state index contributed by atoms with van der Waals surface area (Å²) in [5.74, 6) is 3.21. The summed E-state index contributed by atoms with van der Waals surface area (Å²) in [4.78, 5) is 4.39. The molecule has 1 aliphatic rings. The van der Waals surface area contributed by atoms with E-state index in [1.807, 2.05) is 42.5 Å². The summed E-state index contributed by atoms with van der Waals surface area (Å²) in [6.07, 6.45) is 0.877. The van der Waals surface area contributed by atoms with E-state index in [9.17, 15) is 0 Å². The summed E-state index contributed by atoms with van der Waals surface area (Å²) in [5, 5.41) is 3.09. The number of hydrogen-bond acceptors (Lipinski definition) is 4. The molecule has 0 saturated carbocycles. The molecule has 0 atom stereocenters. The van der Waals surface area contributed by atoms with Gasteiger partial charge < -0.3 is 25.3 Å². The van der Waals surface area contributed by atoms with E-state index in [0.29, 0.717) is 38.2 Å². The van der Waals surface area contributed by atoms with Gasteiger partial charge in [-0.25, -0.2) is 4.99 Å². The van der Waals surface area contributed by atoms with Crippen molar-refractivity contribution in [2.24, 2.45) is 16.6 Å². The number of ether oxygens (including phenoxy) is 3. The van der Waals surface area contributed by atoms with Crippen LogP contribution in [0.1, 0.15) is 25.8 Å². The van der Waals surface area contributed by atoms with Gasteiger partial charge >= 0.3 is 0 Å². The van der Waals surface area contributed by atoms with Gasteiger partial charge in [0.2, 0.25) is 0 Å². The summed E-state index contributed by atoms with van der Waals surface area (Å²) in [5.41, 5.74) is 7.90. The zero-order valence-corrected chi connectivity index (χ0v) is 18.6. The van der Waals surface area contributed by atoms with Crippen LogP contribution in [0.3, 0.4) is 0 Å². The zero-order chi connectivity index (χ0) is 19.1. The molecule has 152 valence electrons. The van der Waals surface area contributed by atoms with Crippen molar-refractivity contribution >= 4 is 35.6 Å². The SMILES string of the molecule is CC(C)COc1ccc(CN=C(N)Nc2ccc3c(c2)OCCCO3)cc1.I. The quantitative estimate of drug-likeness (QED) is 0.351. The van der Waals surface area contributed by atoms with E-state index in [1.165, 1.54) is 0 Å². The van der Waals surface area contributed by atoms with Crippen molar-refractivity contribution in [3.63, 3.8) is 0 Å². The van der Waals surface area contributed by atoms with Gasteiger partial charge in [0.1, 0.15) is 5.75 Å². The largest absolute Gasteiger partial charge is 0.493 e. The molecule has 7 heteroatoms. The van der Waals surface area contributed by atoms with Crippen LogP contribution in [0.15, 0.2) is 47.5 Å². The first kappa shape index (κ1) is 22.1. The van der Waals surface area contributed by atoms with E-state index in [-0.39, 0.29) is 24.0 Å². The number of aliphatic imine (C=N–C) groups is 1. The molecule has 0 radical (unpaired) electrons. The molecule has 2 aromatic carbocycles. The second-order valence-corrected chi connectivity index (χ2v) is 6.89. The number of nitrogens with two attached hydrogens (primary N) is 1. The molecule has 0 spiro atoms. The van der Waals surface area contributed by atoms with E-state index in [2.05, 4.69) is 24.2 Å². The van der Waals surface area contributed by atoms with E-state index in [4.69, 9.17) is 19.9 Å². The monoisotopic (exact) mass is 497 g/mol. The van der Waals surface area contributed by atoms with E-state index in [1.54, 1.807) is 0 Å². The third kappa shape index (κ3) is 6.78. The number of benzene rings is 2. The molecule has 0 aromatic heterocycles. The normalized spacial score (nSPS) is 13.5. The number of halogens is 1. The first-order chi connectivity index (χ1) is 13.1. The first-order valence-electron chi connectivity index (χ1n) is 9.28. The van der Waals surface area contributed by atoms with E-state index in [0.717, 1.165) is 34.9 Å². The maximum atomic E-state index is 6.01. The van der Waals surface area contributed by atoms with Crippen LogP contribution in [0.4, 0.5) is 5.69 Å². The second kappa shape index (κ2) is 11.0. The van der Waals surface area contributed by atoms with Crippen molar-refractivity contribution in [1.82, 2.24) is 0 Å². The van der Waals surface area contributed by atoms with Crippen molar-refractivity contribution in [2.75, 3.05) is 25.1 Å². The van der Waals surface area contributed by atoms with Crippen LogP contribution in [0.5, 0.6) is 17.2 Å². The molecule has 6 nitrogen and oxygen atoms in total. The predicted octanol–water partition coefficient (Wildman–Crippen LogP) is 4.43. The highest BCUT2D eigenvalue weighted by atomic mass is 127. The standard InChI is InChI=1S/C21H27N3O3.HI/c1-15(2)14-27-18-7-4-16(5-8-18)13-23-21(22)24-17-6-9-19-20(12-17)26-11-3-10-25-19;/h4-9,12,15H,3,10-11,13-14H2,1-2H3,(H3,22,23,24);1H. The lowest BCUT2D eigenvalue weighted by atomic mass is 10.2. The topological polar surface area (TPSA) is 78.1 Å². The number of anilines is 1. The summed E-state index contributed by atoms with van der Waals surface area (Å²) < 4.78 is 17.0. The van der Waals surface area contributed by atoms with Gasteiger partial charge in [-0.2, -0.15) is 0 Å². The lowest BCUT2D eigenvalue weighted by Gasteiger charge is -2.11. The molecule has 0 unspecified atom stereocenters. The second-order valence-electron chi connectivity index (χ2n) is 6.89. The van der Waals surface area contributed by atoms with Crippen LogP contribution in [-0.4, -0.2) is 25.8 Å². The summed E-state index contributed by atoms with van der Waals surface area (Å²) in [7, 11) is 0. The van der Waals surface area contributed by atoms with Gasteiger partial charge in [0, 0.05) is 18.2 Å². The number of guanidine groups is 1. The minimum atomic E-state index is 0. The molecule has 2 aromatic rings. The molecule has 3 rings (SSSR count). The summed E-state index contributed by atoms with van der Waals surface area (Å²) >= 11 is 0. The molecule has 0 saturated heterocycles. The lowest BCUT2D eigenvalue weighted by Crippen LogP contribution is -2.22. The van der Waals surface area contributed by atoms with Crippen molar-refractivity contribution in [3.05, 3.63) is 48.0 Å². The Kier molecular flexibility index (Phi) is 8.69. The fourth-order valence-electron chi connectivity index (χ4n) is 2.56. The Labute approximate surface area is 183 Å². The average Bonchev–Trinajstić information content (AvgIpc) is 2.90. The molecule has 28 heavy (non-hydrogen) atoms. The van der Waals surface area contributed by atoms with Crippen LogP contribution in [0, 0.1) is 5.92 Å². The van der Waals surface area contributed by atoms with Crippen LogP contribution >= 0.6 is 24.0 Å². The molecular formula is C21H28IN3O3. The Morgan fingerprint density at radius 1 is 1.11 bits per heavy atom. The smallest absolute Gasteiger partial charge is 0.193 e. The van der Waals surface area contributed by atoms with Gasteiger partial charge in [0.25, 0.3) is 0 Å². The van der Waals surface area contributed by atoms with Gasteiger partial charge in [-0.05, 0) is 35.7 Å². The Hall–Kier alpha value is -2.16. The van der Waals surface area contributed by atoms with Gasteiger partial charge in [-0.1, -0.05) is 26.0 Å². The summed E-state index contributed by atoms with van der Waals surface area (Å²) in [6.45, 7) is 6.78. The maximum Gasteiger partial charge on any atom is 0.193 e. The molecule has 0 bridgehead atoms. The Morgan fingerprint density at radius 2 is 1.82 bits per heavy atom. The van der Waals surface area contributed by atoms with Gasteiger partial charge in [0.15, 0.2) is 17.5 Å². The van der Waals surface area contributed by atoms with Crippen molar-refractivity contribution in [3.8, 4) is 17.2 Å². The number of fused-ring (bicyclic) bond motifs is 1. The highest BCUT2D eigenvalue weighted by Gasteiger charge is 2.10. The minimum Gasteiger partial charge on any atom is -0.493 e. The fraction of sp³-hybridized carbons (Fsp3) is 0.381. The summed E-state index contributed by atoms with van der Waals surface area (Å²) in [6, 6.07) is 13.6. The third-order valence-corrected chi connectivity index (χ3v) is 3.96. The lowest BCUT2D eigenvalue weighted by molar-refractivity contribution is 0.271. The van der Waals surface area contributed by atoms with E-state index < -0.39 is 0 Å². The van der Waals surface area contributed by atoms with Crippen LogP contribution in [0.2, 0.25) is 0 Å². The Morgan fingerprint density at radius 3 is 2.54 bits per heavy atom. The van der Waals surface area contributed by atoms with E-state index >= 15 is 0 Å². The van der Waals surface area contributed by atoms with Gasteiger partial charge in [-0.3, -0.25) is 0 Å². The van der Waals surface area contributed by atoms with Gasteiger partial charge in [-0.15, -0.1) is 24.0 Å². The van der Waals surface area contributed by atoms with Crippen molar-refractivity contribution in [2.45, 2.75) is 26.8 Å². The molecule has 1 heterocycles. The number of hydrogen-bond donors (Lipinski definition) is 2. The highest BCUT2D eigenvalue weighted by molar-refractivity contribution is 14.0. The van der Waals surface area contributed by atoms with Crippen LogP contribution in [0.25, 0.3) is 0 Å². The number of rotatable bonds is 6. The van der Waals surface area contributed by atoms with Crippen LogP contribution in [-0.2, 0) is 6.54 Å². The first-order valence-corrected chi connectivity index (χ1v) is 9.28. The predicted molar refractivity (Wildman–Crippen MR) is 123 cm³/mol. The van der Waals surface area contributed by atoms with Gasteiger partial charge in [0.05, 0.1) is 26.4 Å². The average molecular weight is 497 g/mol. The third-order valence-electron chi connectivity index (χ3n) is 3.96. The molecule has 0 aliphatic carbocycles. The Bertz CT molecular complexity index is 779. The van der Waals surface area contributed by atoms with Crippen molar-refractivity contribution < 1.29 is 14.2 Å². The molecule has 0 amide bonds. The maximum absolute atomic E-state index is 6.01.